The topological polar surface area (TPSA) is 75.4 Å². The molecule has 0 bridgehead atoms. The highest BCUT2D eigenvalue weighted by molar-refractivity contribution is 7.09. The predicted molar refractivity (Wildman–Crippen MR) is 123 cm³/mol. The third-order valence-corrected chi connectivity index (χ3v) is 5.88. The number of nitrogens with zero attached hydrogens (tertiary/aromatic N) is 2. The molecule has 4 rings (SSSR count). The smallest absolute Gasteiger partial charge is 0.273 e. The number of aryl methyl sites for hydroxylation is 1. The Kier molecular flexibility index (Phi) is 6.95. The van der Waals surface area contributed by atoms with Gasteiger partial charge in [0, 0.05) is 23.1 Å². The number of rotatable bonds is 8. The standard InChI is InChI=1S/C25H22FN3O3S/c1-17-4-6-18(7-5-17)14-27-24(30)23-13-21(32-28-23)15-29(16-22-3-2-12-33-22)25(31)19-8-10-20(26)11-9-19/h2-13H,14-16H2,1H3,(H,27,30). The quantitative estimate of drug-likeness (QED) is 0.401. The summed E-state index contributed by atoms with van der Waals surface area (Å²) in [6.45, 7) is 2.84. The van der Waals surface area contributed by atoms with Gasteiger partial charge in [-0.3, -0.25) is 9.59 Å². The normalized spacial score (nSPS) is 10.7. The Morgan fingerprint density at radius 1 is 1.06 bits per heavy atom. The first-order valence-electron chi connectivity index (χ1n) is 10.3. The lowest BCUT2D eigenvalue weighted by molar-refractivity contribution is 0.0714. The number of amides is 2. The van der Waals surface area contributed by atoms with Crippen molar-refractivity contribution in [1.82, 2.24) is 15.4 Å². The minimum Gasteiger partial charge on any atom is -0.359 e. The second-order valence-electron chi connectivity index (χ2n) is 7.59. The van der Waals surface area contributed by atoms with Crippen molar-refractivity contribution in [2.45, 2.75) is 26.6 Å². The van der Waals surface area contributed by atoms with E-state index < -0.39 is 5.82 Å². The van der Waals surface area contributed by atoms with Gasteiger partial charge in [-0.15, -0.1) is 11.3 Å². The summed E-state index contributed by atoms with van der Waals surface area (Å²) in [5.74, 6) is -0.666. The van der Waals surface area contributed by atoms with E-state index in [1.54, 1.807) is 4.90 Å². The van der Waals surface area contributed by atoms with Crippen LogP contribution in [-0.2, 0) is 19.6 Å². The van der Waals surface area contributed by atoms with E-state index in [0.29, 0.717) is 24.4 Å². The Morgan fingerprint density at radius 2 is 1.82 bits per heavy atom. The molecule has 0 spiro atoms. The number of halogens is 1. The molecule has 1 N–H and O–H groups in total. The Balaban J connectivity index is 1.44. The minimum absolute atomic E-state index is 0.117. The van der Waals surface area contributed by atoms with Crippen molar-refractivity contribution >= 4 is 23.2 Å². The van der Waals surface area contributed by atoms with Crippen LogP contribution in [0.25, 0.3) is 0 Å². The Morgan fingerprint density at radius 3 is 2.52 bits per heavy atom. The SMILES string of the molecule is Cc1ccc(CNC(=O)c2cc(CN(Cc3cccs3)C(=O)c3ccc(F)cc3)on2)cc1. The number of benzene rings is 2. The fourth-order valence-electron chi connectivity index (χ4n) is 3.23. The van der Waals surface area contributed by atoms with Crippen molar-refractivity contribution in [2.24, 2.45) is 0 Å². The number of nitrogens with one attached hydrogen (secondary N) is 1. The second kappa shape index (κ2) is 10.2. The van der Waals surface area contributed by atoms with Gasteiger partial charge < -0.3 is 14.7 Å². The molecule has 33 heavy (non-hydrogen) atoms. The highest BCUT2D eigenvalue weighted by atomic mass is 32.1. The average Bonchev–Trinajstić information content (AvgIpc) is 3.50. The average molecular weight is 464 g/mol. The van der Waals surface area contributed by atoms with Crippen LogP contribution in [0.5, 0.6) is 0 Å². The zero-order valence-electron chi connectivity index (χ0n) is 18.0. The monoisotopic (exact) mass is 463 g/mol. The second-order valence-corrected chi connectivity index (χ2v) is 8.63. The van der Waals surface area contributed by atoms with Crippen LogP contribution in [0.4, 0.5) is 4.39 Å². The van der Waals surface area contributed by atoms with E-state index in [2.05, 4.69) is 10.5 Å². The molecule has 0 fully saturated rings. The third-order valence-electron chi connectivity index (χ3n) is 5.02. The van der Waals surface area contributed by atoms with E-state index in [9.17, 15) is 14.0 Å². The molecule has 6 nitrogen and oxygen atoms in total. The van der Waals surface area contributed by atoms with Gasteiger partial charge in [0.1, 0.15) is 5.82 Å². The summed E-state index contributed by atoms with van der Waals surface area (Å²) >= 11 is 1.53. The van der Waals surface area contributed by atoms with Crippen molar-refractivity contribution < 1.29 is 18.5 Å². The zero-order chi connectivity index (χ0) is 23.2. The first kappa shape index (κ1) is 22.4. The maximum atomic E-state index is 13.3. The maximum Gasteiger partial charge on any atom is 0.273 e. The molecule has 4 aromatic rings. The van der Waals surface area contributed by atoms with Crippen LogP contribution in [0.2, 0.25) is 0 Å². The molecular formula is C25H22FN3O3S. The van der Waals surface area contributed by atoms with Gasteiger partial charge in [0.15, 0.2) is 11.5 Å². The lowest BCUT2D eigenvalue weighted by Gasteiger charge is -2.21. The fourth-order valence-corrected chi connectivity index (χ4v) is 3.95. The summed E-state index contributed by atoms with van der Waals surface area (Å²) in [7, 11) is 0. The van der Waals surface area contributed by atoms with Gasteiger partial charge in [0.2, 0.25) is 0 Å². The fraction of sp³-hybridized carbons (Fsp3) is 0.160. The van der Waals surface area contributed by atoms with Crippen LogP contribution in [0.3, 0.4) is 0 Å². The summed E-state index contributed by atoms with van der Waals surface area (Å²) in [5, 5.41) is 8.61. The highest BCUT2D eigenvalue weighted by Crippen LogP contribution is 2.18. The van der Waals surface area contributed by atoms with Crippen LogP contribution in [-0.4, -0.2) is 21.9 Å². The zero-order valence-corrected chi connectivity index (χ0v) is 18.8. The summed E-state index contributed by atoms with van der Waals surface area (Å²) in [6, 6.07) is 18.6. The number of aromatic nitrogens is 1. The molecule has 8 heteroatoms. The molecule has 0 aliphatic carbocycles. The van der Waals surface area contributed by atoms with E-state index in [1.807, 2.05) is 48.7 Å². The first-order valence-corrected chi connectivity index (χ1v) is 11.2. The Bertz CT molecular complexity index is 1220. The van der Waals surface area contributed by atoms with Crippen LogP contribution >= 0.6 is 11.3 Å². The van der Waals surface area contributed by atoms with E-state index in [4.69, 9.17) is 4.52 Å². The molecular weight excluding hydrogens is 441 g/mol. The van der Waals surface area contributed by atoms with E-state index in [1.165, 1.54) is 41.7 Å². The molecule has 0 saturated heterocycles. The number of hydrogen-bond acceptors (Lipinski definition) is 5. The molecule has 2 aromatic carbocycles. The molecule has 0 unspecified atom stereocenters. The van der Waals surface area contributed by atoms with Crippen molar-refractivity contribution in [3.63, 3.8) is 0 Å². The Labute approximate surface area is 194 Å². The molecule has 2 amide bonds. The Hall–Kier alpha value is -3.78. The minimum atomic E-state index is -0.409. The molecule has 0 aliphatic heterocycles. The lowest BCUT2D eigenvalue weighted by atomic mass is 10.1. The van der Waals surface area contributed by atoms with Gasteiger partial charge in [-0.25, -0.2) is 4.39 Å². The maximum absolute atomic E-state index is 13.3. The molecule has 0 aliphatic rings. The van der Waals surface area contributed by atoms with Gasteiger partial charge in [-0.1, -0.05) is 41.1 Å². The number of thiophene rings is 1. The highest BCUT2D eigenvalue weighted by Gasteiger charge is 2.21. The molecule has 0 radical (unpaired) electrons. The van der Waals surface area contributed by atoms with Crippen molar-refractivity contribution in [1.29, 1.82) is 0 Å². The van der Waals surface area contributed by atoms with E-state index in [0.717, 1.165) is 16.0 Å². The summed E-state index contributed by atoms with van der Waals surface area (Å²) in [5.41, 5.74) is 2.63. The molecule has 2 heterocycles. The summed E-state index contributed by atoms with van der Waals surface area (Å²) in [6.07, 6.45) is 0. The van der Waals surface area contributed by atoms with Gasteiger partial charge in [0.25, 0.3) is 11.8 Å². The predicted octanol–water partition coefficient (Wildman–Crippen LogP) is 4.96. The number of carbonyl (C=O) groups excluding carboxylic acids is 2. The van der Waals surface area contributed by atoms with Crippen molar-refractivity contribution in [2.75, 3.05) is 0 Å². The van der Waals surface area contributed by atoms with Crippen LogP contribution in [0.1, 0.15) is 42.6 Å². The lowest BCUT2D eigenvalue weighted by Crippen LogP contribution is -2.29. The molecule has 168 valence electrons. The van der Waals surface area contributed by atoms with Gasteiger partial charge in [-0.2, -0.15) is 0 Å². The van der Waals surface area contributed by atoms with Gasteiger partial charge >= 0.3 is 0 Å². The van der Waals surface area contributed by atoms with Crippen LogP contribution in [0, 0.1) is 12.7 Å². The molecule has 0 saturated carbocycles. The van der Waals surface area contributed by atoms with Gasteiger partial charge in [0.05, 0.1) is 13.1 Å². The summed E-state index contributed by atoms with van der Waals surface area (Å²) < 4.78 is 18.6. The van der Waals surface area contributed by atoms with Crippen molar-refractivity contribution in [3.05, 3.63) is 111 Å². The summed E-state index contributed by atoms with van der Waals surface area (Å²) in [4.78, 5) is 28.1. The third kappa shape index (κ3) is 5.93. The largest absolute Gasteiger partial charge is 0.359 e. The van der Waals surface area contributed by atoms with Crippen LogP contribution in [0.15, 0.2) is 76.6 Å². The molecule has 2 aromatic heterocycles. The van der Waals surface area contributed by atoms with Gasteiger partial charge in [-0.05, 0) is 48.2 Å². The number of hydrogen-bond donors (Lipinski definition) is 1. The van der Waals surface area contributed by atoms with E-state index >= 15 is 0 Å². The first-order chi connectivity index (χ1) is 16.0. The molecule has 0 atom stereocenters. The number of carbonyl (C=O) groups is 2. The van der Waals surface area contributed by atoms with Crippen molar-refractivity contribution in [3.8, 4) is 0 Å². The van der Waals surface area contributed by atoms with Crippen LogP contribution < -0.4 is 5.32 Å². The van der Waals surface area contributed by atoms with E-state index in [-0.39, 0.29) is 24.1 Å².